The average Bonchev–Trinajstić information content (AvgIpc) is 3.32. The first-order valence-corrected chi connectivity index (χ1v) is 9.16. The predicted molar refractivity (Wildman–Crippen MR) is 96.9 cm³/mol. The van der Waals surface area contributed by atoms with Crippen LogP contribution in [0.4, 0.5) is 0 Å². The molecule has 0 aromatic carbocycles. The Morgan fingerprint density at radius 2 is 2.26 bits per heavy atom. The van der Waals surface area contributed by atoms with E-state index in [0.29, 0.717) is 17.9 Å². The number of carbonyl (C=O) groups excluding carboxylic acids is 1. The average molecular weight is 366 g/mol. The number of hydrogen-bond acceptors (Lipinski definition) is 6. The van der Waals surface area contributed by atoms with E-state index in [1.54, 1.807) is 13.1 Å². The van der Waals surface area contributed by atoms with Crippen LogP contribution in [0, 0.1) is 6.92 Å². The summed E-state index contributed by atoms with van der Waals surface area (Å²) in [6, 6.07) is 4.00. The third-order valence-electron chi connectivity index (χ3n) is 5.03. The first-order chi connectivity index (χ1) is 13.2. The smallest absolute Gasteiger partial charge is 0.228 e. The lowest BCUT2D eigenvalue weighted by Gasteiger charge is -2.32. The number of nitrogens with zero attached hydrogens (tertiary/aromatic N) is 6. The topological polar surface area (TPSA) is 89.9 Å². The molecule has 1 fully saturated rings. The van der Waals surface area contributed by atoms with Crippen molar-refractivity contribution < 1.29 is 9.42 Å². The van der Waals surface area contributed by atoms with Crippen molar-refractivity contribution in [2.45, 2.75) is 38.6 Å². The van der Waals surface area contributed by atoms with Gasteiger partial charge in [-0.2, -0.15) is 0 Å². The molecule has 8 nitrogen and oxygen atoms in total. The van der Waals surface area contributed by atoms with Crippen LogP contribution < -0.4 is 0 Å². The highest BCUT2D eigenvalue weighted by molar-refractivity contribution is 5.78. The Bertz CT molecular complexity index is 904. The molecule has 140 valence electrons. The fraction of sp³-hybridized carbons (Fsp3) is 0.421. The van der Waals surface area contributed by atoms with Crippen molar-refractivity contribution in [1.29, 1.82) is 0 Å². The molecule has 0 radical (unpaired) electrons. The molecular weight excluding hydrogens is 344 g/mol. The molecular formula is C19H22N6O2. The number of amides is 1. The Morgan fingerprint density at radius 3 is 3.04 bits per heavy atom. The number of likely N-dealkylation sites (tertiary alicyclic amines) is 1. The van der Waals surface area contributed by atoms with Crippen LogP contribution in [0.3, 0.4) is 0 Å². The highest BCUT2D eigenvalue weighted by atomic mass is 16.6. The number of hydrogen-bond donors (Lipinski definition) is 0. The summed E-state index contributed by atoms with van der Waals surface area (Å²) in [5.74, 6) is 1.31. The quantitative estimate of drug-likeness (QED) is 0.686. The maximum absolute atomic E-state index is 12.7. The summed E-state index contributed by atoms with van der Waals surface area (Å²) in [7, 11) is 0. The Balaban J connectivity index is 1.45. The van der Waals surface area contributed by atoms with Gasteiger partial charge in [0.25, 0.3) is 0 Å². The monoisotopic (exact) mass is 366 g/mol. The largest absolute Gasteiger partial charge is 0.342 e. The molecule has 1 saturated heterocycles. The molecule has 27 heavy (non-hydrogen) atoms. The van der Waals surface area contributed by atoms with E-state index in [9.17, 15) is 4.79 Å². The van der Waals surface area contributed by atoms with Gasteiger partial charge in [-0.05, 0) is 31.4 Å². The van der Waals surface area contributed by atoms with Crippen LogP contribution in [0.2, 0.25) is 0 Å². The normalized spacial score (nSPS) is 17.2. The number of pyridine rings is 1. The van der Waals surface area contributed by atoms with Gasteiger partial charge < -0.3 is 9.47 Å². The molecule has 0 aliphatic carbocycles. The Hall–Kier alpha value is -3.03. The number of piperidine rings is 1. The van der Waals surface area contributed by atoms with Crippen LogP contribution in [0.1, 0.15) is 41.5 Å². The number of carbonyl (C=O) groups is 1. The molecule has 1 amide bonds. The maximum atomic E-state index is 12.7. The van der Waals surface area contributed by atoms with Crippen molar-refractivity contribution in [3.8, 4) is 0 Å². The fourth-order valence-corrected chi connectivity index (χ4v) is 3.58. The minimum atomic E-state index is 0.0591. The number of rotatable bonds is 5. The van der Waals surface area contributed by atoms with Crippen molar-refractivity contribution in [3.05, 3.63) is 59.7 Å². The maximum Gasteiger partial charge on any atom is 0.228 e. The highest BCUT2D eigenvalue weighted by Crippen LogP contribution is 2.26. The molecule has 1 atom stereocenters. The first kappa shape index (κ1) is 17.4. The zero-order valence-corrected chi connectivity index (χ0v) is 15.3. The van der Waals surface area contributed by atoms with Gasteiger partial charge in [-0.25, -0.2) is 9.61 Å². The fourth-order valence-electron chi connectivity index (χ4n) is 3.58. The molecule has 4 rings (SSSR count). The zero-order valence-electron chi connectivity index (χ0n) is 15.3. The van der Waals surface area contributed by atoms with Gasteiger partial charge in [-0.15, -0.1) is 0 Å². The second kappa shape index (κ2) is 7.69. The molecule has 3 aromatic heterocycles. The first-order valence-electron chi connectivity index (χ1n) is 9.16. The van der Waals surface area contributed by atoms with Crippen LogP contribution in [-0.2, 0) is 17.8 Å². The van der Waals surface area contributed by atoms with Gasteiger partial charge in [0.2, 0.25) is 5.91 Å². The summed E-state index contributed by atoms with van der Waals surface area (Å²) in [6.45, 7) is 3.97. The number of imidazole rings is 1. The van der Waals surface area contributed by atoms with E-state index in [-0.39, 0.29) is 18.2 Å². The molecule has 0 saturated carbocycles. The molecule has 1 aliphatic rings. The summed E-state index contributed by atoms with van der Waals surface area (Å²) in [5.41, 5.74) is 2.42. The SMILES string of the molecule is Cc1nonc1CC(=O)N1CCC[C@@H](c2nccn2Cc2cccnc2)C1. The highest BCUT2D eigenvalue weighted by Gasteiger charge is 2.28. The van der Waals surface area contributed by atoms with Gasteiger partial charge in [0.15, 0.2) is 0 Å². The third-order valence-corrected chi connectivity index (χ3v) is 5.03. The van der Waals surface area contributed by atoms with E-state index in [4.69, 9.17) is 4.63 Å². The lowest BCUT2D eigenvalue weighted by atomic mass is 9.96. The van der Waals surface area contributed by atoms with E-state index in [1.807, 2.05) is 29.6 Å². The van der Waals surface area contributed by atoms with E-state index in [1.165, 1.54) is 0 Å². The van der Waals surface area contributed by atoms with Gasteiger partial charge in [-0.1, -0.05) is 16.4 Å². The van der Waals surface area contributed by atoms with Crippen LogP contribution in [-0.4, -0.2) is 48.7 Å². The molecule has 0 bridgehead atoms. The second-order valence-electron chi connectivity index (χ2n) is 6.93. The summed E-state index contributed by atoms with van der Waals surface area (Å²) < 4.78 is 6.85. The van der Waals surface area contributed by atoms with Crippen LogP contribution in [0.5, 0.6) is 0 Å². The van der Waals surface area contributed by atoms with Crippen molar-refractivity contribution in [3.63, 3.8) is 0 Å². The van der Waals surface area contributed by atoms with Crippen LogP contribution >= 0.6 is 0 Å². The molecule has 3 aromatic rings. The third kappa shape index (κ3) is 3.89. The van der Waals surface area contributed by atoms with Gasteiger partial charge in [-0.3, -0.25) is 9.78 Å². The van der Waals surface area contributed by atoms with E-state index >= 15 is 0 Å². The summed E-state index contributed by atoms with van der Waals surface area (Å²) in [4.78, 5) is 23.4. The molecule has 8 heteroatoms. The minimum absolute atomic E-state index is 0.0591. The lowest BCUT2D eigenvalue weighted by Crippen LogP contribution is -2.40. The Labute approximate surface area is 157 Å². The summed E-state index contributed by atoms with van der Waals surface area (Å²) >= 11 is 0. The summed E-state index contributed by atoms with van der Waals surface area (Å²) in [6.07, 6.45) is 9.69. The predicted octanol–water partition coefficient (Wildman–Crippen LogP) is 1.97. The van der Waals surface area contributed by atoms with Crippen molar-refractivity contribution in [1.82, 2.24) is 29.7 Å². The standard InChI is InChI=1S/C19H22N6O2/c1-14-17(23-27-22-14)10-18(26)24-8-3-5-16(13-24)19-21-7-9-25(19)12-15-4-2-6-20-11-15/h2,4,6-7,9,11,16H,3,5,8,10,12-13H2,1H3/t16-/m1/s1. The van der Waals surface area contributed by atoms with Crippen molar-refractivity contribution in [2.75, 3.05) is 13.1 Å². The number of aromatic nitrogens is 5. The van der Waals surface area contributed by atoms with Gasteiger partial charge in [0.05, 0.1) is 13.0 Å². The Morgan fingerprint density at radius 1 is 1.33 bits per heavy atom. The van der Waals surface area contributed by atoms with Gasteiger partial charge in [0.1, 0.15) is 17.2 Å². The molecule has 0 N–H and O–H groups in total. The van der Waals surface area contributed by atoms with E-state index in [0.717, 1.165) is 37.3 Å². The molecule has 1 aliphatic heterocycles. The van der Waals surface area contributed by atoms with E-state index in [2.05, 4.69) is 30.9 Å². The zero-order chi connectivity index (χ0) is 18.6. The lowest BCUT2D eigenvalue weighted by molar-refractivity contribution is -0.131. The second-order valence-corrected chi connectivity index (χ2v) is 6.93. The van der Waals surface area contributed by atoms with Crippen molar-refractivity contribution in [2.24, 2.45) is 0 Å². The van der Waals surface area contributed by atoms with Crippen molar-refractivity contribution >= 4 is 5.91 Å². The molecule has 4 heterocycles. The van der Waals surface area contributed by atoms with E-state index < -0.39 is 0 Å². The van der Waals surface area contributed by atoms with Gasteiger partial charge >= 0.3 is 0 Å². The van der Waals surface area contributed by atoms with Crippen LogP contribution in [0.15, 0.2) is 41.5 Å². The number of aryl methyl sites for hydroxylation is 1. The van der Waals surface area contributed by atoms with Gasteiger partial charge in [0, 0.05) is 43.8 Å². The molecule has 0 unspecified atom stereocenters. The minimum Gasteiger partial charge on any atom is -0.342 e. The summed E-state index contributed by atoms with van der Waals surface area (Å²) in [5, 5.41) is 7.57. The Kier molecular flexibility index (Phi) is 4.95. The van der Waals surface area contributed by atoms with Crippen LogP contribution in [0.25, 0.3) is 0 Å². The molecule has 0 spiro atoms.